The lowest BCUT2D eigenvalue weighted by molar-refractivity contribution is -0.160. The van der Waals surface area contributed by atoms with Gasteiger partial charge in [-0.1, -0.05) is 45.9 Å². The molecule has 1 aromatic carbocycles. The summed E-state index contributed by atoms with van der Waals surface area (Å²) in [5.41, 5.74) is -1.82. The number of amides is 1. The number of fused-ring (bicyclic) bond motifs is 14. The van der Waals surface area contributed by atoms with Gasteiger partial charge in [0.15, 0.2) is 5.78 Å². The number of aliphatic hydroxyl groups is 2. The van der Waals surface area contributed by atoms with Gasteiger partial charge in [-0.3, -0.25) is 29.0 Å². The molecule has 59 heavy (non-hydrogen) atoms. The largest absolute Gasteiger partial charge is 0.507 e. The zero-order valence-electron chi connectivity index (χ0n) is 35.3. The van der Waals surface area contributed by atoms with Crippen molar-refractivity contribution < 1.29 is 58.2 Å². The van der Waals surface area contributed by atoms with E-state index in [2.05, 4.69) is 15.3 Å². The minimum atomic E-state index is -2.09. The Morgan fingerprint density at radius 2 is 1.61 bits per heavy atom. The highest BCUT2D eigenvalue weighted by Crippen LogP contribution is 2.48. The summed E-state index contributed by atoms with van der Waals surface area (Å²) in [5.74, 6) is -9.34. The Balaban J connectivity index is 1.66. The number of nitrogens with one attached hydrogen (secondary N) is 1. The zero-order valence-corrected chi connectivity index (χ0v) is 35.3. The Morgan fingerprint density at radius 1 is 0.949 bits per heavy atom. The summed E-state index contributed by atoms with van der Waals surface area (Å²) < 4.78 is 23.5. The van der Waals surface area contributed by atoms with Crippen molar-refractivity contribution in [1.82, 2.24) is 15.2 Å². The quantitative estimate of drug-likeness (QED) is 0.254. The second-order valence-corrected chi connectivity index (χ2v) is 16.1. The second kappa shape index (κ2) is 18.0. The average Bonchev–Trinajstić information content (AvgIpc) is 3.46. The number of piperazine rings is 1. The number of likely N-dealkylation sites (N-methyl/N-ethyl adjacent to an activating group) is 1. The molecule has 320 valence electrons. The van der Waals surface area contributed by atoms with Gasteiger partial charge < -0.3 is 44.5 Å². The van der Waals surface area contributed by atoms with Crippen molar-refractivity contribution >= 4 is 35.4 Å². The molecule has 0 radical (unpaired) electrons. The van der Waals surface area contributed by atoms with Gasteiger partial charge >= 0.3 is 11.8 Å². The molecule has 0 spiro atoms. The SMILES string of the molecule is COC1/C=C/O[C@@]2(C)Oc3c(C)c(O)c4c(c3C2=O)C(=O)C(/C=N/N2CCN(C)CC2)=C(NC(=O)/C(C)=C\C=C\C(C)[C@H](O)C(C)[C@@H](O)C(C)[C@H](OC(C)=O)C1C)C4=O. The molecule has 4 heterocycles. The fraction of sp³-hybridized carbons (Fsp3) is 0.535. The maximum Gasteiger partial charge on any atom is 0.312 e. The van der Waals surface area contributed by atoms with E-state index in [0.29, 0.717) is 26.2 Å². The Labute approximate surface area is 344 Å². The molecule has 16 heteroatoms. The Hall–Kier alpha value is -5.16. The lowest BCUT2D eigenvalue weighted by atomic mass is 9.78. The van der Waals surface area contributed by atoms with Crippen LogP contribution < -0.4 is 10.1 Å². The number of phenols is 1. The molecule has 6 rings (SSSR count). The third-order valence-electron chi connectivity index (χ3n) is 11.8. The van der Waals surface area contributed by atoms with Crippen LogP contribution in [0.3, 0.4) is 0 Å². The van der Waals surface area contributed by atoms with Gasteiger partial charge in [0.2, 0.25) is 5.78 Å². The monoisotopic (exact) mass is 820 g/mol. The number of esters is 1. The number of carbonyl (C=O) groups is 5. The number of hydrogen-bond acceptors (Lipinski definition) is 15. The number of aromatic hydroxyl groups is 1. The molecule has 4 aliphatic heterocycles. The smallest absolute Gasteiger partial charge is 0.312 e. The summed E-state index contributed by atoms with van der Waals surface area (Å²) in [6, 6.07) is 0. The number of phenolic OH excluding ortho intramolecular Hbond substituents is 1. The molecule has 0 aromatic heterocycles. The van der Waals surface area contributed by atoms with Crippen LogP contribution in [0.25, 0.3) is 0 Å². The minimum Gasteiger partial charge on any atom is -0.507 e. The fourth-order valence-corrected chi connectivity index (χ4v) is 7.89. The highest BCUT2D eigenvalue weighted by Gasteiger charge is 2.52. The van der Waals surface area contributed by atoms with Gasteiger partial charge in [0, 0.05) is 81.9 Å². The average molecular weight is 821 g/mol. The lowest BCUT2D eigenvalue weighted by Crippen LogP contribution is -2.46. The summed E-state index contributed by atoms with van der Waals surface area (Å²) in [4.78, 5) is 71.6. The van der Waals surface area contributed by atoms with Gasteiger partial charge in [-0.2, -0.15) is 5.10 Å². The van der Waals surface area contributed by atoms with Crippen molar-refractivity contribution in [3.63, 3.8) is 0 Å². The van der Waals surface area contributed by atoms with E-state index >= 15 is 0 Å². The van der Waals surface area contributed by atoms with Crippen LogP contribution in [0, 0.1) is 30.6 Å². The third-order valence-corrected chi connectivity index (χ3v) is 11.8. The van der Waals surface area contributed by atoms with Crippen LogP contribution in [0.2, 0.25) is 0 Å². The second-order valence-electron chi connectivity index (χ2n) is 16.1. The van der Waals surface area contributed by atoms with Crippen LogP contribution in [-0.2, 0) is 23.8 Å². The summed E-state index contributed by atoms with van der Waals surface area (Å²) in [6.45, 7) is 14.8. The number of rotatable bonds is 4. The number of ether oxygens (including phenoxy) is 4. The number of Topliss-reactive ketones (excluding diaryl/α,β-unsaturated/α-hetero) is 3. The molecule has 1 fully saturated rings. The first-order valence-electron chi connectivity index (χ1n) is 19.7. The Morgan fingerprint density at radius 3 is 2.24 bits per heavy atom. The van der Waals surface area contributed by atoms with E-state index in [9.17, 15) is 39.3 Å². The molecule has 5 unspecified atom stereocenters. The van der Waals surface area contributed by atoms with Crippen LogP contribution in [0.15, 0.2) is 52.5 Å². The van der Waals surface area contributed by atoms with E-state index < -0.39 is 106 Å². The van der Waals surface area contributed by atoms with Gasteiger partial charge in [0.25, 0.3) is 11.7 Å². The van der Waals surface area contributed by atoms with Crippen LogP contribution in [0.5, 0.6) is 11.5 Å². The summed E-state index contributed by atoms with van der Waals surface area (Å²) in [6.07, 6.45) is 4.56. The zero-order chi connectivity index (χ0) is 43.7. The maximum absolute atomic E-state index is 14.6. The van der Waals surface area contributed by atoms with Crippen molar-refractivity contribution in [2.45, 2.75) is 85.6 Å². The van der Waals surface area contributed by atoms with E-state index in [1.54, 1.807) is 44.9 Å². The van der Waals surface area contributed by atoms with E-state index in [0.717, 1.165) is 0 Å². The van der Waals surface area contributed by atoms with Crippen LogP contribution in [-0.4, -0.2) is 131 Å². The maximum atomic E-state index is 14.6. The molecule has 1 aromatic rings. The number of hydrazone groups is 1. The number of carbonyl (C=O) groups excluding carboxylic acids is 5. The van der Waals surface area contributed by atoms with Crippen molar-refractivity contribution in [1.29, 1.82) is 0 Å². The van der Waals surface area contributed by atoms with E-state index in [4.69, 9.17) is 18.9 Å². The first-order valence-corrected chi connectivity index (χ1v) is 19.7. The van der Waals surface area contributed by atoms with E-state index in [1.807, 2.05) is 7.05 Å². The number of aliphatic hydroxyl groups excluding tert-OH is 2. The highest BCUT2D eigenvalue weighted by atomic mass is 16.7. The number of allylic oxidation sites excluding steroid dienone is 4. The van der Waals surface area contributed by atoms with Crippen molar-refractivity contribution in [2.24, 2.45) is 28.8 Å². The Bertz CT molecular complexity index is 2030. The summed E-state index contributed by atoms with van der Waals surface area (Å²) in [5, 5.41) is 43.1. The molecule has 16 nitrogen and oxygen atoms in total. The molecular formula is C43H56N4O12. The minimum absolute atomic E-state index is 0.0118. The van der Waals surface area contributed by atoms with Gasteiger partial charge in [-0.05, 0) is 27.0 Å². The number of nitrogens with zero attached hydrogens (tertiary/aromatic N) is 3. The number of benzene rings is 1. The lowest BCUT2D eigenvalue weighted by Gasteiger charge is -2.38. The van der Waals surface area contributed by atoms with Crippen molar-refractivity contribution in [3.8, 4) is 11.5 Å². The van der Waals surface area contributed by atoms with Crippen LogP contribution in [0.4, 0.5) is 0 Å². The van der Waals surface area contributed by atoms with Gasteiger partial charge in [0.05, 0.1) is 53.1 Å². The topological polar surface area (TPSA) is 214 Å². The first-order chi connectivity index (χ1) is 27.7. The predicted octanol–water partition coefficient (Wildman–Crippen LogP) is 3.23. The molecule has 1 amide bonds. The molecule has 9 atom stereocenters. The first kappa shape index (κ1) is 44.9. The molecule has 5 bridgehead atoms. The fourth-order valence-electron chi connectivity index (χ4n) is 7.89. The molecule has 4 N–H and O–H groups in total. The van der Waals surface area contributed by atoms with Gasteiger partial charge in [-0.15, -0.1) is 0 Å². The number of methoxy groups -OCH3 is 1. The summed E-state index contributed by atoms with van der Waals surface area (Å²) in [7, 11) is 3.39. The van der Waals surface area contributed by atoms with Crippen molar-refractivity contribution in [2.75, 3.05) is 40.3 Å². The van der Waals surface area contributed by atoms with Gasteiger partial charge in [0.1, 0.15) is 23.3 Å². The van der Waals surface area contributed by atoms with Crippen LogP contribution >= 0.6 is 0 Å². The van der Waals surface area contributed by atoms with Crippen molar-refractivity contribution in [3.05, 3.63) is 69.7 Å². The molecule has 0 saturated carbocycles. The molecule has 1 aliphatic carbocycles. The summed E-state index contributed by atoms with van der Waals surface area (Å²) >= 11 is 0. The molecular weight excluding hydrogens is 764 g/mol. The molecule has 5 aliphatic rings. The Kier molecular flexibility index (Phi) is 13.7. The number of ketones is 3. The van der Waals surface area contributed by atoms with Crippen LogP contribution in [0.1, 0.15) is 85.1 Å². The van der Waals surface area contributed by atoms with Gasteiger partial charge in [-0.25, -0.2) is 0 Å². The van der Waals surface area contributed by atoms with E-state index in [-0.39, 0.29) is 28.0 Å². The van der Waals surface area contributed by atoms with E-state index in [1.165, 1.54) is 59.4 Å². The normalized spacial score (nSPS) is 33.3. The number of hydrogen-bond donors (Lipinski definition) is 4. The third kappa shape index (κ3) is 8.91. The standard InChI is InChI=1S/C43H56N4O12/c1-21-12-11-13-22(2)42(55)45-33-28(20-44-47-17-15-46(9)16-18-47)37(52)30-31(38(33)53)36(51)26(6)40-32(30)41(54)43(8,59-40)57-19-14-29(56-10)23(3)39(58-27(7)48)25(5)35(50)24(4)34(21)49/h11-14,19-21,23-25,29,34-35,39,49-51H,15-18H2,1-10H3,(H,45,55)/b12-11+,19-14+,22-13-,44-20+/t21?,23?,24?,25?,29?,34-,35+,39+,43-/m0/s1. The highest BCUT2D eigenvalue weighted by molar-refractivity contribution is 6.37. The predicted molar refractivity (Wildman–Crippen MR) is 216 cm³/mol. The molecule has 1 saturated heterocycles.